The lowest BCUT2D eigenvalue weighted by Gasteiger charge is -2.31. The largest absolute Gasteiger partial charge is 0.480 e. The summed E-state index contributed by atoms with van der Waals surface area (Å²) in [7, 11) is -3.41. The van der Waals surface area contributed by atoms with Crippen LogP contribution >= 0.6 is 12.2 Å². The van der Waals surface area contributed by atoms with E-state index in [1.807, 2.05) is 19.1 Å². The average molecular weight is 358 g/mol. The van der Waals surface area contributed by atoms with Gasteiger partial charge in [-0.15, -0.1) is 0 Å². The molecule has 0 saturated carbocycles. The number of hydrogen-bond acceptors (Lipinski definition) is 5. The third kappa shape index (κ3) is 4.63. The molecule has 0 bridgehead atoms. The highest BCUT2D eigenvalue weighted by Gasteiger charge is 2.41. The number of aliphatic carboxylic acids is 1. The van der Waals surface area contributed by atoms with Gasteiger partial charge >= 0.3 is 5.97 Å². The normalized spacial score (nSPS) is 22.5. The number of aryl methyl sites for hydroxylation is 1. The van der Waals surface area contributed by atoms with Gasteiger partial charge in [0.2, 0.25) is 0 Å². The van der Waals surface area contributed by atoms with Crippen molar-refractivity contribution in [3.8, 4) is 0 Å². The Morgan fingerprint density at radius 3 is 2.43 bits per heavy atom. The van der Waals surface area contributed by atoms with Crippen LogP contribution in [0.4, 0.5) is 5.69 Å². The van der Waals surface area contributed by atoms with Gasteiger partial charge in [-0.3, -0.25) is 4.79 Å². The van der Waals surface area contributed by atoms with Gasteiger partial charge in [-0.2, -0.15) is 0 Å². The van der Waals surface area contributed by atoms with Crippen LogP contribution in [-0.4, -0.2) is 64.8 Å². The maximum atomic E-state index is 11.7. The number of aliphatic hydroxyl groups is 1. The number of nitrogens with one attached hydrogen (secondary N) is 1. The molecular weight excluding hydrogens is 340 g/mol. The lowest BCUT2D eigenvalue weighted by atomic mass is 10.2. The summed E-state index contributed by atoms with van der Waals surface area (Å²) < 4.78 is 23.3. The van der Waals surface area contributed by atoms with E-state index in [0.717, 1.165) is 5.56 Å². The number of carbonyl (C=O) groups is 1. The third-order valence-corrected chi connectivity index (χ3v) is 5.60. The Balaban J connectivity index is 2.19. The van der Waals surface area contributed by atoms with Crippen LogP contribution in [0.15, 0.2) is 24.3 Å². The molecule has 3 N–H and O–H groups in total. The van der Waals surface area contributed by atoms with E-state index in [1.54, 1.807) is 12.1 Å². The van der Waals surface area contributed by atoms with Crippen LogP contribution in [0.1, 0.15) is 5.56 Å². The molecule has 1 heterocycles. The number of carboxylic acid groups (broad SMARTS) is 1. The van der Waals surface area contributed by atoms with Gasteiger partial charge in [-0.05, 0) is 31.3 Å². The fourth-order valence-corrected chi connectivity index (χ4v) is 4.54. The van der Waals surface area contributed by atoms with Crippen molar-refractivity contribution >= 4 is 38.8 Å². The quantitative estimate of drug-likeness (QED) is 0.657. The van der Waals surface area contributed by atoms with Crippen molar-refractivity contribution in [1.29, 1.82) is 0 Å². The maximum absolute atomic E-state index is 11.7. The van der Waals surface area contributed by atoms with Gasteiger partial charge in [0.05, 0.1) is 23.7 Å². The number of benzene rings is 1. The first kappa shape index (κ1) is 17.6. The first-order chi connectivity index (χ1) is 10.7. The molecule has 1 saturated heterocycles. The van der Waals surface area contributed by atoms with Crippen LogP contribution in [0.25, 0.3) is 0 Å². The highest BCUT2D eigenvalue weighted by Crippen LogP contribution is 2.20. The van der Waals surface area contributed by atoms with E-state index in [2.05, 4.69) is 5.32 Å². The SMILES string of the molecule is Cc1ccc(NC(=S)N(CC(=O)O)[C@H]2CS(=O)(=O)C[C@H]2O)cc1. The predicted octanol–water partition coefficient (Wildman–Crippen LogP) is 0.236. The molecule has 1 aliphatic rings. The molecule has 126 valence electrons. The summed E-state index contributed by atoms with van der Waals surface area (Å²) in [5.74, 6) is -1.87. The summed E-state index contributed by atoms with van der Waals surface area (Å²) in [5.41, 5.74) is 1.72. The number of hydrogen-bond donors (Lipinski definition) is 3. The highest BCUT2D eigenvalue weighted by molar-refractivity contribution is 7.91. The minimum absolute atomic E-state index is 0.0670. The second-order valence-corrected chi connectivity index (χ2v) is 8.07. The summed E-state index contributed by atoms with van der Waals surface area (Å²) in [5, 5.41) is 22.0. The zero-order valence-corrected chi connectivity index (χ0v) is 14.1. The minimum atomic E-state index is -3.41. The number of thiocarbonyl (C=S) groups is 1. The topological polar surface area (TPSA) is 107 Å². The van der Waals surface area contributed by atoms with Gasteiger partial charge in [0.15, 0.2) is 14.9 Å². The van der Waals surface area contributed by atoms with E-state index in [0.29, 0.717) is 5.69 Å². The molecular formula is C14H18N2O5S2. The van der Waals surface area contributed by atoms with Gasteiger partial charge in [0.1, 0.15) is 6.54 Å². The summed E-state index contributed by atoms with van der Waals surface area (Å²) >= 11 is 5.22. The molecule has 1 fully saturated rings. The lowest BCUT2D eigenvalue weighted by Crippen LogP contribution is -2.50. The zero-order chi connectivity index (χ0) is 17.2. The van der Waals surface area contributed by atoms with Crippen LogP contribution in [0, 0.1) is 6.92 Å². The molecule has 1 aliphatic heterocycles. The summed E-state index contributed by atoms with van der Waals surface area (Å²) in [4.78, 5) is 12.3. The molecule has 1 aromatic carbocycles. The number of anilines is 1. The van der Waals surface area contributed by atoms with Crippen LogP contribution < -0.4 is 5.32 Å². The van der Waals surface area contributed by atoms with Gasteiger partial charge in [0.25, 0.3) is 0 Å². The standard InChI is InChI=1S/C14H18N2O5S2/c1-9-2-4-10(5-3-9)15-14(22)16(6-13(18)19)11-7-23(20,21)8-12(11)17/h2-5,11-12,17H,6-8H2,1H3,(H,15,22)(H,18,19)/t11-,12+/m0/s1. The number of aliphatic hydroxyl groups excluding tert-OH is 1. The second kappa shape index (κ2) is 6.81. The van der Waals surface area contributed by atoms with E-state index in [-0.39, 0.29) is 16.6 Å². The molecule has 9 heteroatoms. The molecule has 0 radical (unpaired) electrons. The predicted molar refractivity (Wildman–Crippen MR) is 90.2 cm³/mol. The smallest absolute Gasteiger partial charge is 0.323 e. The summed E-state index contributed by atoms with van der Waals surface area (Å²) in [6.07, 6.45) is -1.17. The Bertz CT molecular complexity index is 702. The Kier molecular flexibility index (Phi) is 5.23. The van der Waals surface area contributed by atoms with E-state index in [9.17, 15) is 18.3 Å². The van der Waals surface area contributed by atoms with E-state index >= 15 is 0 Å². The van der Waals surface area contributed by atoms with Gasteiger partial charge in [-0.1, -0.05) is 17.7 Å². The Labute approximate surface area is 139 Å². The Morgan fingerprint density at radius 2 is 1.96 bits per heavy atom. The van der Waals surface area contributed by atoms with E-state index in [1.165, 1.54) is 4.90 Å². The van der Waals surface area contributed by atoms with Crippen molar-refractivity contribution in [2.45, 2.75) is 19.1 Å². The van der Waals surface area contributed by atoms with Gasteiger partial charge < -0.3 is 20.4 Å². The average Bonchev–Trinajstić information content (AvgIpc) is 2.71. The molecule has 0 spiro atoms. The molecule has 0 aliphatic carbocycles. The molecule has 2 rings (SSSR count). The van der Waals surface area contributed by atoms with Crippen LogP contribution in [0.3, 0.4) is 0 Å². The number of carboxylic acids is 1. The molecule has 7 nitrogen and oxygen atoms in total. The Hall–Kier alpha value is -1.71. The molecule has 0 amide bonds. The van der Waals surface area contributed by atoms with Gasteiger partial charge in [-0.25, -0.2) is 8.42 Å². The first-order valence-corrected chi connectivity index (χ1v) is 9.15. The third-order valence-electron chi connectivity index (χ3n) is 3.56. The highest BCUT2D eigenvalue weighted by atomic mass is 32.2. The summed E-state index contributed by atoms with van der Waals surface area (Å²) in [6, 6.07) is 6.41. The molecule has 1 aromatic rings. The number of rotatable bonds is 4. The van der Waals surface area contributed by atoms with Crippen molar-refractivity contribution in [2.24, 2.45) is 0 Å². The molecule has 0 aromatic heterocycles. The fraction of sp³-hybridized carbons (Fsp3) is 0.429. The van der Waals surface area contributed by atoms with Crippen molar-refractivity contribution < 1.29 is 23.4 Å². The monoisotopic (exact) mass is 358 g/mol. The van der Waals surface area contributed by atoms with Crippen LogP contribution in [-0.2, 0) is 14.6 Å². The second-order valence-electron chi connectivity index (χ2n) is 5.53. The summed E-state index contributed by atoms with van der Waals surface area (Å²) in [6.45, 7) is 1.44. The van der Waals surface area contributed by atoms with E-state index < -0.39 is 34.5 Å². The van der Waals surface area contributed by atoms with Crippen molar-refractivity contribution in [3.63, 3.8) is 0 Å². The maximum Gasteiger partial charge on any atom is 0.323 e. The zero-order valence-electron chi connectivity index (χ0n) is 12.5. The fourth-order valence-electron chi connectivity index (χ4n) is 2.43. The minimum Gasteiger partial charge on any atom is -0.480 e. The molecule has 23 heavy (non-hydrogen) atoms. The lowest BCUT2D eigenvalue weighted by molar-refractivity contribution is -0.137. The van der Waals surface area contributed by atoms with Crippen molar-refractivity contribution in [1.82, 2.24) is 4.90 Å². The molecule has 2 atom stereocenters. The van der Waals surface area contributed by atoms with Crippen LogP contribution in [0.5, 0.6) is 0 Å². The first-order valence-electron chi connectivity index (χ1n) is 6.92. The number of sulfone groups is 1. The Morgan fingerprint density at radius 1 is 1.35 bits per heavy atom. The van der Waals surface area contributed by atoms with Crippen molar-refractivity contribution in [3.05, 3.63) is 29.8 Å². The molecule has 0 unspecified atom stereocenters. The number of nitrogens with zero attached hydrogens (tertiary/aromatic N) is 1. The van der Waals surface area contributed by atoms with E-state index in [4.69, 9.17) is 17.3 Å². The van der Waals surface area contributed by atoms with Gasteiger partial charge in [0, 0.05) is 5.69 Å². The van der Waals surface area contributed by atoms with Crippen molar-refractivity contribution in [2.75, 3.05) is 23.4 Å². The van der Waals surface area contributed by atoms with Crippen LogP contribution in [0.2, 0.25) is 0 Å².